The van der Waals surface area contributed by atoms with Crippen LogP contribution in [0.5, 0.6) is 11.5 Å². The summed E-state index contributed by atoms with van der Waals surface area (Å²) in [5, 5.41) is 0. The van der Waals surface area contributed by atoms with E-state index in [2.05, 4.69) is 56.0 Å². The predicted octanol–water partition coefficient (Wildman–Crippen LogP) is 4.34. The number of nitrogens with zero attached hydrogens (tertiary/aromatic N) is 1. The molecule has 0 aliphatic heterocycles. The summed E-state index contributed by atoms with van der Waals surface area (Å²) in [5.41, 5.74) is 5.24. The van der Waals surface area contributed by atoms with Crippen LogP contribution in [-0.2, 0) is 13.1 Å². The van der Waals surface area contributed by atoms with Crippen molar-refractivity contribution < 1.29 is 9.47 Å². The number of benzene rings is 2. The molecule has 0 fully saturated rings. The van der Waals surface area contributed by atoms with E-state index in [1.54, 1.807) is 14.2 Å². The van der Waals surface area contributed by atoms with Crippen molar-refractivity contribution in [3.63, 3.8) is 0 Å². The highest BCUT2D eigenvalue weighted by atomic mass is 16.5. The summed E-state index contributed by atoms with van der Waals surface area (Å²) < 4.78 is 10.7. The number of hydrogen-bond donors (Lipinski definition) is 0. The summed E-state index contributed by atoms with van der Waals surface area (Å²) in [6.45, 7) is 9.35. The Morgan fingerprint density at radius 1 is 0.783 bits per heavy atom. The van der Waals surface area contributed by atoms with Gasteiger partial charge in [0.25, 0.3) is 0 Å². The lowest BCUT2D eigenvalue weighted by Crippen LogP contribution is -2.22. The molecule has 3 heteroatoms. The lowest BCUT2D eigenvalue weighted by Gasteiger charge is -2.22. The van der Waals surface area contributed by atoms with E-state index in [1.165, 1.54) is 22.3 Å². The first-order valence-electron chi connectivity index (χ1n) is 8.06. The van der Waals surface area contributed by atoms with Gasteiger partial charge in [0.05, 0.1) is 14.2 Å². The monoisotopic (exact) mass is 313 g/mol. The summed E-state index contributed by atoms with van der Waals surface area (Å²) in [6.07, 6.45) is 0. The number of methoxy groups -OCH3 is 2. The summed E-state index contributed by atoms with van der Waals surface area (Å²) in [7, 11) is 3.34. The second kappa shape index (κ2) is 8.02. The van der Waals surface area contributed by atoms with Gasteiger partial charge in [0.15, 0.2) is 11.5 Å². The Balaban J connectivity index is 2.12. The van der Waals surface area contributed by atoms with E-state index < -0.39 is 0 Å². The molecule has 2 aromatic carbocycles. The van der Waals surface area contributed by atoms with Crippen LogP contribution >= 0.6 is 0 Å². The maximum absolute atomic E-state index is 5.40. The molecule has 2 rings (SSSR count). The van der Waals surface area contributed by atoms with Crippen molar-refractivity contribution in [2.45, 2.75) is 33.9 Å². The Morgan fingerprint density at radius 3 is 1.96 bits per heavy atom. The minimum absolute atomic E-state index is 0.772. The van der Waals surface area contributed by atoms with E-state index in [0.717, 1.165) is 31.1 Å². The highest BCUT2D eigenvalue weighted by Gasteiger charge is 2.09. The molecule has 124 valence electrons. The predicted molar refractivity (Wildman–Crippen MR) is 95.3 cm³/mol. The molecular formula is C20H27NO2. The molecule has 0 heterocycles. The van der Waals surface area contributed by atoms with Crippen molar-refractivity contribution in [3.05, 3.63) is 58.7 Å². The minimum Gasteiger partial charge on any atom is -0.493 e. The van der Waals surface area contributed by atoms with E-state index in [1.807, 2.05) is 6.07 Å². The first-order chi connectivity index (χ1) is 11.0. The zero-order valence-electron chi connectivity index (χ0n) is 14.8. The van der Waals surface area contributed by atoms with Gasteiger partial charge in [0.2, 0.25) is 0 Å². The van der Waals surface area contributed by atoms with Crippen LogP contribution in [0, 0.1) is 13.8 Å². The van der Waals surface area contributed by atoms with Gasteiger partial charge < -0.3 is 9.47 Å². The van der Waals surface area contributed by atoms with Crippen LogP contribution < -0.4 is 9.47 Å². The molecule has 0 N–H and O–H groups in total. The maximum Gasteiger partial charge on any atom is 0.161 e. The molecule has 23 heavy (non-hydrogen) atoms. The molecule has 0 aromatic heterocycles. The number of rotatable bonds is 7. The van der Waals surface area contributed by atoms with Crippen LogP contribution in [0.1, 0.15) is 29.2 Å². The molecule has 0 saturated heterocycles. The fourth-order valence-electron chi connectivity index (χ4n) is 2.94. The van der Waals surface area contributed by atoms with Crippen LogP contribution in [0.4, 0.5) is 0 Å². The molecule has 0 bridgehead atoms. The summed E-state index contributed by atoms with van der Waals surface area (Å²) in [4.78, 5) is 2.43. The minimum atomic E-state index is 0.772. The van der Waals surface area contributed by atoms with Crippen LogP contribution in [0.25, 0.3) is 0 Å². The molecule has 0 spiro atoms. The summed E-state index contributed by atoms with van der Waals surface area (Å²) in [5.74, 6) is 1.56. The first kappa shape index (κ1) is 17.4. The van der Waals surface area contributed by atoms with Gasteiger partial charge in [0.1, 0.15) is 0 Å². The van der Waals surface area contributed by atoms with E-state index >= 15 is 0 Å². The number of hydrogen-bond acceptors (Lipinski definition) is 3. The lowest BCUT2D eigenvalue weighted by molar-refractivity contribution is 0.270. The van der Waals surface area contributed by atoms with E-state index in [-0.39, 0.29) is 0 Å². The van der Waals surface area contributed by atoms with Gasteiger partial charge in [-0.15, -0.1) is 0 Å². The van der Waals surface area contributed by atoms with Gasteiger partial charge in [-0.3, -0.25) is 4.90 Å². The van der Waals surface area contributed by atoms with Gasteiger partial charge in [-0.05, 0) is 43.7 Å². The maximum atomic E-state index is 5.40. The average Bonchev–Trinajstić information content (AvgIpc) is 2.53. The van der Waals surface area contributed by atoms with Crippen LogP contribution in [-0.4, -0.2) is 25.7 Å². The largest absolute Gasteiger partial charge is 0.493 e. The van der Waals surface area contributed by atoms with Crippen molar-refractivity contribution >= 4 is 0 Å². The van der Waals surface area contributed by atoms with Gasteiger partial charge in [-0.2, -0.15) is 0 Å². The molecule has 0 aliphatic rings. The van der Waals surface area contributed by atoms with Gasteiger partial charge in [-0.25, -0.2) is 0 Å². The highest BCUT2D eigenvalue weighted by Crippen LogP contribution is 2.28. The average molecular weight is 313 g/mol. The topological polar surface area (TPSA) is 21.7 Å². The lowest BCUT2D eigenvalue weighted by atomic mass is 10.1. The standard InChI is InChI=1S/C20H27NO2/c1-6-21(14-18-10-15(2)9-16(3)11-18)13-17-7-8-19(22-4)20(12-17)23-5/h7-12H,6,13-14H2,1-5H3. The van der Waals surface area contributed by atoms with Crippen molar-refractivity contribution in [2.75, 3.05) is 20.8 Å². The zero-order chi connectivity index (χ0) is 16.8. The SMILES string of the molecule is CCN(Cc1cc(C)cc(C)c1)Cc1ccc(OC)c(OC)c1. The Kier molecular flexibility index (Phi) is 6.05. The van der Waals surface area contributed by atoms with Crippen molar-refractivity contribution in [1.29, 1.82) is 0 Å². The van der Waals surface area contributed by atoms with Gasteiger partial charge >= 0.3 is 0 Å². The number of ether oxygens (including phenoxy) is 2. The second-order valence-corrected chi connectivity index (χ2v) is 5.99. The van der Waals surface area contributed by atoms with E-state index in [9.17, 15) is 0 Å². The molecule has 0 saturated carbocycles. The first-order valence-corrected chi connectivity index (χ1v) is 8.06. The highest BCUT2D eigenvalue weighted by molar-refractivity contribution is 5.42. The Hall–Kier alpha value is -2.00. The third kappa shape index (κ3) is 4.73. The Bertz CT molecular complexity index is 632. The number of aryl methyl sites for hydroxylation is 2. The third-order valence-corrected chi connectivity index (χ3v) is 3.99. The fraction of sp³-hybridized carbons (Fsp3) is 0.400. The molecule has 0 atom stereocenters. The smallest absolute Gasteiger partial charge is 0.161 e. The molecule has 0 radical (unpaired) electrons. The van der Waals surface area contributed by atoms with E-state index in [0.29, 0.717) is 0 Å². The fourth-order valence-corrected chi connectivity index (χ4v) is 2.94. The van der Waals surface area contributed by atoms with Crippen molar-refractivity contribution in [3.8, 4) is 11.5 Å². The van der Waals surface area contributed by atoms with Crippen LogP contribution in [0.2, 0.25) is 0 Å². The van der Waals surface area contributed by atoms with E-state index in [4.69, 9.17) is 9.47 Å². The molecule has 0 unspecified atom stereocenters. The molecular weight excluding hydrogens is 286 g/mol. The molecule has 0 amide bonds. The molecule has 3 nitrogen and oxygen atoms in total. The second-order valence-electron chi connectivity index (χ2n) is 5.99. The van der Waals surface area contributed by atoms with Gasteiger partial charge in [0, 0.05) is 13.1 Å². The van der Waals surface area contributed by atoms with Crippen molar-refractivity contribution in [2.24, 2.45) is 0 Å². The Labute approximate surface area is 139 Å². The zero-order valence-corrected chi connectivity index (χ0v) is 14.8. The quantitative estimate of drug-likeness (QED) is 0.759. The van der Waals surface area contributed by atoms with Crippen molar-refractivity contribution in [1.82, 2.24) is 4.90 Å². The Morgan fingerprint density at radius 2 is 1.39 bits per heavy atom. The normalized spacial score (nSPS) is 10.9. The van der Waals surface area contributed by atoms with Crippen LogP contribution in [0.3, 0.4) is 0 Å². The van der Waals surface area contributed by atoms with Crippen LogP contribution in [0.15, 0.2) is 36.4 Å². The summed E-state index contributed by atoms with van der Waals surface area (Å²) >= 11 is 0. The molecule has 0 aliphatic carbocycles. The van der Waals surface area contributed by atoms with Gasteiger partial charge in [-0.1, -0.05) is 42.3 Å². The third-order valence-electron chi connectivity index (χ3n) is 3.99. The molecule has 2 aromatic rings. The summed E-state index contributed by atoms with van der Waals surface area (Å²) in [6, 6.07) is 12.9.